The number of fused-ring (bicyclic) bond motifs is 3. The van der Waals surface area contributed by atoms with Crippen molar-refractivity contribution in [3.05, 3.63) is 89.0 Å². The van der Waals surface area contributed by atoms with Crippen LogP contribution in [0.5, 0.6) is 0 Å². The molecule has 8 atom stereocenters. The lowest BCUT2D eigenvalue weighted by Gasteiger charge is -2.36. The van der Waals surface area contributed by atoms with E-state index in [1.807, 2.05) is 89.2 Å². The Morgan fingerprint density at radius 1 is 0.871 bits per heavy atom. The third-order valence-corrected chi connectivity index (χ3v) is 11.9. The van der Waals surface area contributed by atoms with E-state index in [4.69, 9.17) is 5.73 Å². The number of allylic oxidation sites excluding steroid dienone is 4. The molecule has 0 saturated carbocycles. The number of hydrogen-bond donors (Lipinski definition) is 8. The van der Waals surface area contributed by atoms with Gasteiger partial charge in [-0.05, 0) is 76.5 Å². The first-order valence-electron chi connectivity index (χ1n) is 21.3. The standard InChI is InChI=1S/C46H63N7O9/c1-7-29(5)39(52-37(54)25-47)42(59)50-36(24-31-16-9-8-10-17-31)43(60)53-26-33(40(57)49-35(20-21-38(55)56)41(58)48-30(6)44(61)62)46(23-22-28(4)15-13-14-27(2)3)32-18-11-12-19-34(32)51-45(46)53/h8-12,14,16-19,22,29-30,33,35-36,39,45,51H,7,13,15,20-21,23-26,47H2,1-6H3,(H,48,58)(H,49,57)(H,50,59)(H,52,54)(H,55,56)(H,61,62)/b28-22-/t29-,30-,33+,35-,36-,39-,45+,46-/m0/s1. The maximum atomic E-state index is 15.3. The number of nitrogens with two attached hydrogens (primary N) is 1. The number of rotatable bonds is 22. The average molecular weight is 858 g/mol. The van der Waals surface area contributed by atoms with E-state index in [1.165, 1.54) is 12.5 Å². The summed E-state index contributed by atoms with van der Waals surface area (Å²) in [6, 6.07) is 11.7. The minimum absolute atomic E-state index is 0.0755. The van der Waals surface area contributed by atoms with E-state index in [0.29, 0.717) is 12.1 Å². The number of carbonyl (C=O) groups excluding carboxylic acids is 5. The van der Waals surface area contributed by atoms with Gasteiger partial charge >= 0.3 is 11.9 Å². The molecule has 16 heteroatoms. The fourth-order valence-electron chi connectivity index (χ4n) is 8.20. The molecule has 2 heterocycles. The van der Waals surface area contributed by atoms with E-state index in [0.717, 1.165) is 29.5 Å². The molecular weight excluding hydrogens is 795 g/mol. The first kappa shape index (κ1) is 48.6. The van der Waals surface area contributed by atoms with Crippen molar-refractivity contribution >= 4 is 47.2 Å². The van der Waals surface area contributed by atoms with Crippen LogP contribution in [0.15, 0.2) is 77.9 Å². The van der Waals surface area contributed by atoms with E-state index in [1.54, 1.807) is 4.90 Å². The molecule has 62 heavy (non-hydrogen) atoms. The van der Waals surface area contributed by atoms with Gasteiger partial charge in [-0.2, -0.15) is 0 Å². The van der Waals surface area contributed by atoms with Gasteiger partial charge < -0.3 is 47.4 Å². The van der Waals surface area contributed by atoms with Crippen LogP contribution < -0.4 is 32.3 Å². The van der Waals surface area contributed by atoms with E-state index in [2.05, 4.69) is 38.7 Å². The highest BCUT2D eigenvalue weighted by Gasteiger charge is 2.63. The highest BCUT2D eigenvalue weighted by molar-refractivity contribution is 5.96. The molecule has 2 aromatic carbocycles. The molecule has 5 amide bonds. The highest BCUT2D eigenvalue weighted by atomic mass is 16.4. The summed E-state index contributed by atoms with van der Waals surface area (Å²) in [6.07, 6.45) is 4.98. The zero-order valence-electron chi connectivity index (χ0n) is 36.5. The Balaban J connectivity index is 1.85. The van der Waals surface area contributed by atoms with Crippen molar-refractivity contribution in [3.63, 3.8) is 0 Å². The van der Waals surface area contributed by atoms with Crippen LogP contribution in [0.3, 0.4) is 0 Å². The van der Waals surface area contributed by atoms with Gasteiger partial charge in [0.1, 0.15) is 30.3 Å². The summed E-state index contributed by atoms with van der Waals surface area (Å²) < 4.78 is 0. The van der Waals surface area contributed by atoms with Crippen molar-refractivity contribution in [2.75, 3.05) is 18.4 Å². The molecule has 2 aliphatic rings. The van der Waals surface area contributed by atoms with E-state index in [9.17, 15) is 39.0 Å². The Labute approximate surface area is 363 Å². The van der Waals surface area contributed by atoms with Crippen LogP contribution in [0.4, 0.5) is 5.69 Å². The molecular formula is C46H63N7O9. The topological polar surface area (TPSA) is 249 Å². The molecule has 1 saturated heterocycles. The van der Waals surface area contributed by atoms with Gasteiger partial charge in [0.25, 0.3) is 0 Å². The molecule has 0 aliphatic carbocycles. The second-order valence-electron chi connectivity index (χ2n) is 16.7. The largest absolute Gasteiger partial charge is 0.481 e. The number of amides is 5. The molecule has 1 fully saturated rings. The fraction of sp³-hybridized carbons (Fsp3) is 0.500. The minimum atomic E-state index is -1.42. The van der Waals surface area contributed by atoms with Gasteiger partial charge in [0.2, 0.25) is 29.5 Å². The number of nitrogens with zero attached hydrogens (tertiary/aromatic N) is 1. The Hall–Kier alpha value is -6.03. The van der Waals surface area contributed by atoms with E-state index >= 15 is 4.79 Å². The minimum Gasteiger partial charge on any atom is -0.481 e. The first-order valence-corrected chi connectivity index (χ1v) is 21.3. The number of para-hydroxylation sites is 1. The molecule has 4 rings (SSSR count). The van der Waals surface area contributed by atoms with Gasteiger partial charge in [0, 0.05) is 25.1 Å². The van der Waals surface area contributed by atoms with Crippen LogP contribution in [-0.4, -0.2) is 100 Å². The highest BCUT2D eigenvalue weighted by Crippen LogP contribution is 2.54. The molecule has 0 radical (unpaired) electrons. The monoisotopic (exact) mass is 857 g/mol. The van der Waals surface area contributed by atoms with Gasteiger partial charge in [0.15, 0.2) is 0 Å². The summed E-state index contributed by atoms with van der Waals surface area (Å²) in [6.45, 7) is 10.5. The van der Waals surface area contributed by atoms with Crippen molar-refractivity contribution < 1.29 is 43.8 Å². The molecule has 16 nitrogen and oxygen atoms in total. The lowest BCUT2D eigenvalue weighted by molar-refractivity contribution is -0.142. The number of hydrogen-bond acceptors (Lipinski definition) is 9. The van der Waals surface area contributed by atoms with Crippen LogP contribution in [0, 0.1) is 11.8 Å². The van der Waals surface area contributed by atoms with E-state index in [-0.39, 0.29) is 38.3 Å². The Bertz CT molecular complexity index is 2020. The van der Waals surface area contributed by atoms with Crippen LogP contribution in [0.25, 0.3) is 0 Å². The fourth-order valence-corrected chi connectivity index (χ4v) is 8.20. The third kappa shape index (κ3) is 12.1. The summed E-state index contributed by atoms with van der Waals surface area (Å²) in [4.78, 5) is 95.2. The maximum absolute atomic E-state index is 15.3. The second-order valence-corrected chi connectivity index (χ2v) is 16.7. The SMILES string of the molecule is CC[C@H](C)[C@H](NC(=O)CN)C(=O)N[C@@H](Cc1ccccc1)C(=O)N1C[C@H](C(=O)N[C@@H](CCC(=O)O)C(=O)N[C@@H](C)C(=O)O)[C@]2(C/C=C(/C)CCC=C(C)C)c3ccccc3N[C@H]12. The van der Waals surface area contributed by atoms with Crippen LogP contribution in [0.2, 0.25) is 0 Å². The summed E-state index contributed by atoms with van der Waals surface area (Å²) >= 11 is 0. The average Bonchev–Trinajstić information content (AvgIpc) is 3.74. The molecule has 2 aromatic rings. The lowest BCUT2D eigenvalue weighted by atomic mass is 9.69. The van der Waals surface area contributed by atoms with Crippen LogP contribution in [0.1, 0.15) is 91.2 Å². The number of anilines is 1. The van der Waals surface area contributed by atoms with Crippen molar-refractivity contribution in [2.45, 2.75) is 122 Å². The molecule has 336 valence electrons. The third-order valence-electron chi connectivity index (χ3n) is 11.9. The number of aliphatic carboxylic acids is 2. The van der Waals surface area contributed by atoms with Gasteiger partial charge in [0.05, 0.1) is 17.9 Å². The molecule has 0 spiro atoms. The Morgan fingerprint density at radius 3 is 2.18 bits per heavy atom. The van der Waals surface area contributed by atoms with Crippen molar-refractivity contribution in [3.8, 4) is 0 Å². The van der Waals surface area contributed by atoms with Gasteiger partial charge in [-0.25, -0.2) is 0 Å². The zero-order valence-corrected chi connectivity index (χ0v) is 36.5. The quantitative estimate of drug-likeness (QED) is 0.0798. The van der Waals surface area contributed by atoms with Crippen molar-refractivity contribution in [2.24, 2.45) is 17.6 Å². The smallest absolute Gasteiger partial charge is 0.325 e. The van der Waals surface area contributed by atoms with Gasteiger partial charge in [-0.3, -0.25) is 33.6 Å². The summed E-state index contributed by atoms with van der Waals surface area (Å²) in [7, 11) is 0. The van der Waals surface area contributed by atoms with Gasteiger partial charge in [-0.15, -0.1) is 0 Å². The number of nitrogens with one attached hydrogen (secondary N) is 5. The summed E-state index contributed by atoms with van der Waals surface area (Å²) in [5.74, 6) is -6.99. The Morgan fingerprint density at radius 2 is 1.55 bits per heavy atom. The summed E-state index contributed by atoms with van der Waals surface area (Å²) in [5, 5.41) is 33.3. The number of likely N-dealkylation sites (tertiary alicyclic amines) is 1. The normalized spacial score (nSPS) is 20.2. The first-order chi connectivity index (χ1) is 29.4. The van der Waals surface area contributed by atoms with Crippen LogP contribution >= 0.6 is 0 Å². The maximum Gasteiger partial charge on any atom is 0.325 e. The Kier molecular flexibility index (Phi) is 17.4. The zero-order chi connectivity index (χ0) is 45.7. The number of carboxylic acids is 2. The summed E-state index contributed by atoms with van der Waals surface area (Å²) in [5.41, 5.74) is 8.88. The molecule has 0 bridgehead atoms. The lowest BCUT2D eigenvalue weighted by Crippen LogP contribution is -2.58. The molecule has 9 N–H and O–H groups in total. The predicted octanol–water partition coefficient (Wildman–Crippen LogP) is 3.37. The number of carboxylic acid groups (broad SMARTS) is 2. The second kappa shape index (κ2) is 22.2. The van der Waals surface area contributed by atoms with Gasteiger partial charge in [-0.1, -0.05) is 92.1 Å². The number of benzene rings is 2. The molecule has 0 unspecified atom stereocenters. The van der Waals surface area contributed by atoms with E-state index < -0.39 is 89.6 Å². The molecule has 2 aliphatic heterocycles. The predicted molar refractivity (Wildman–Crippen MR) is 234 cm³/mol. The van der Waals surface area contributed by atoms with Crippen molar-refractivity contribution in [1.29, 1.82) is 0 Å². The molecule has 0 aromatic heterocycles. The van der Waals surface area contributed by atoms with Crippen molar-refractivity contribution in [1.82, 2.24) is 26.2 Å². The van der Waals surface area contributed by atoms with Crippen LogP contribution in [-0.2, 0) is 45.4 Å². The number of carbonyl (C=O) groups is 7.